The minimum absolute atomic E-state index is 0.308. The minimum atomic E-state index is -0.376. The summed E-state index contributed by atoms with van der Waals surface area (Å²) in [6.07, 6.45) is -0.376. The van der Waals surface area contributed by atoms with Crippen molar-refractivity contribution in [3.63, 3.8) is 0 Å². The van der Waals surface area contributed by atoms with Gasteiger partial charge in [0.05, 0.1) is 12.6 Å². The van der Waals surface area contributed by atoms with Gasteiger partial charge < -0.3 is 14.4 Å². The van der Waals surface area contributed by atoms with Gasteiger partial charge in [0.25, 0.3) is 0 Å². The third kappa shape index (κ3) is 4.80. The zero-order valence-electron chi connectivity index (χ0n) is 10.9. The molecule has 0 aliphatic carbocycles. The molecule has 1 aromatic heterocycles. The molecule has 0 aliphatic heterocycles. The molecule has 6 heteroatoms. The predicted molar refractivity (Wildman–Crippen MR) is 62.2 cm³/mol. The number of aliphatic hydroxyl groups excluding tert-OH is 1. The quantitative estimate of drug-likeness (QED) is 0.764. The van der Waals surface area contributed by atoms with Crippen LogP contribution in [0.3, 0.4) is 0 Å². The van der Waals surface area contributed by atoms with Crippen molar-refractivity contribution >= 4 is 0 Å². The molecule has 0 fully saturated rings. The SMILES string of the molecule is COCc1noc(CN(CC(C)O)C(C)C)n1. The van der Waals surface area contributed by atoms with Crippen LogP contribution in [0.4, 0.5) is 0 Å². The van der Waals surface area contributed by atoms with E-state index in [9.17, 15) is 5.11 Å². The van der Waals surface area contributed by atoms with Crippen LogP contribution in [0.25, 0.3) is 0 Å². The standard InChI is InChI=1S/C11H21N3O3/c1-8(2)14(5-9(3)15)6-11-12-10(7-16-4)13-17-11/h8-9,15H,5-7H2,1-4H3. The minimum Gasteiger partial charge on any atom is -0.392 e. The Labute approximate surface area is 102 Å². The summed E-state index contributed by atoms with van der Waals surface area (Å²) in [5.74, 6) is 1.09. The highest BCUT2D eigenvalue weighted by atomic mass is 16.5. The van der Waals surface area contributed by atoms with Gasteiger partial charge in [-0.3, -0.25) is 4.90 Å². The Morgan fingerprint density at radius 2 is 2.12 bits per heavy atom. The first-order valence-corrected chi connectivity index (χ1v) is 5.75. The highest BCUT2D eigenvalue weighted by molar-refractivity contribution is 4.85. The van der Waals surface area contributed by atoms with Gasteiger partial charge in [0, 0.05) is 19.7 Å². The van der Waals surface area contributed by atoms with Crippen LogP contribution in [0.15, 0.2) is 4.52 Å². The molecule has 0 amide bonds. The van der Waals surface area contributed by atoms with Crippen LogP contribution >= 0.6 is 0 Å². The summed E-state index contributed by atoms with van der Waals surface area (Å²) in [6.45, 7) is 7.36. The summed E-state index contributed by atoms with van der Waals surface area (Å²) in [5.41, 5.74) is 0. The Morgan fingerprint density at radius 3 is 2.65 bits per heavy atom. The summed E-state index contributed by atoms with van der Waals surface area (Å²) >= 11 is 0. The molecule has 0 saturated carbocycles. The maximum Gasteiger partial charge on any atom is 0.240 e. The zero-order valence-corrected chi connectivity index (χ0v) is 10.9. The largest absolute Gasteiger partial charge is 0.392 e. The average molecular weight is 243 g/mol. The van der Waals surface area contributed by atoms with E-state index in [-0.39, 0.29) is 6.10 Å². The highest BCUT2D eigenvalue weighted by Gasteiger charge is 2.16. The van der Waals surface area contributed by atoms with Crippen molar-refractivity contribution in [2.75, 3.05) is 13.7 Å². The number of nitrogens with zero attached hydrogens (tertiary/aromatic N) is 3. The molecule has 0 aromatic carbocycles. The summed E-state index contributed by atoms with van der Waals surface area (Å²) in [4.78, 5) is 6.28. The lowest BCUT2D eigenvalue weighted by Crippen LogP contribution is -2.36. The maximum atomic E-state index is 9.41. The average Bonchev–Trinajstić information content (AvgIpc) is 2.64. The lowest BCUT2D eigenvalue weighted by molar-refractivity contribution is 0.0943. The number of rotatable bonds is 7. The molecule has 0 aliphatic rings. The van der Waals surface area contributed by atoms with E-state index in [0.29, 0.717) is 37.5 Å². The Balaban J connectivity index is 2.58. The van der Waals surface area contributed by atoms with E-state index in [1.54, 1.807) is 14.0 Å². The molecule has 98 valence electrons. The van der Waals surface area contributed by atoms with E-state index in [0.717, 1.165) is 0 Å². The van der Waals surface area contributed by atoms with Gasteiger partial charge in [-0.25, -0.2) is 0 Å². The molecule has 0 radical (unpaired) electrons. The fourth-order valence-electron chi connectivity index (χ4n) is 1.51. The summed E-state index contributed by atoms with van der Waals surface area (Å²) in [7, 11) is 1.59. The molecule has 17 heavy (non-hydrogen) atoms. The second-order valence-corrected chi connectivity index (χ2v) is 4.41. The fourth-order valence-corrected chi connectivity index (χ4v) is 1.51. The van der Waals surface area contributed by atoms with Crippen molar-refractivity contribution in [3.8, 4) is 0 Å². The van der Waals surface area contributed by atoms with Crippen molar-refractivity contribution in [1.82, 2.24) is 15.0 Å². The molecule has 1 rings (SSSR count). The summed E-state index contributed by atoms with van der Waals surface area (Å²) in [5, 5.41) is 13.2. The number of aromatic nitrogens is 2. The van der Waals surface area contributed by atoms with E-state index in [2.05, 4.69) is 28.9 Å². The first-order chi connectivity index (χ1) is 8.02. The number of hydrogen-bond donors (Lipinski definition) is 1. The van der Waals surface area contributed by atoms with Crippen LogP contribution in [0.5, 0.6) is 0 Å². The van der Waals surface area contributed by atoms with Gasteiger partial charge in [-0.15, -0.1) is 0 Å². The van der Waals surface area contributed by atoms with E-state index in [1.165, 1.54) is 0 Å². The number of aliphatic hydroxyl groups is 1. The molecule has 1 N–H and O–H groups in total. The summed E-state index contributed by atoms with van der Waals surface area (Å²) < 4.78 is 10.0. The zero-order chi connectivity index (χ0) is 12.8. The molecule has 1 aromatic rings. The second kappa shape index (κ2) is 6.68. The van der Waals surface area contributed by atoms with Crippen molar-refractivity contribution in [2.24, 2.45) is 0 Å². The Bertz CT molecular complexity index is 326. The van der Waals surface area contributed by atoms with Gasteiger partial charge in [-0.05, 0) is 20.8 Å². The molecule has 1 unspecified atom stereocenters. The molecule has 6 nitrogen and oxygen atoms in total. The molecule has 0 bridgehead atoms. The van der Waals surface area contributed by atoms with E-state index in [1.807, 2.05) is 0 Å². The highest BCUT2D eigenvalue weighted by Crippen LogP contribution is 2.08. The maximum absolute atomic E-state index is 9.41. The topological polar surface area (TPSA) is 71.6 Å². The van der Waals surface area contributed by atoms with Gasteiger partial charge in [0.1, 0.15) is 6.61 Å². The molecular formula is C11H21N3O3. The smallest absolute Gasteiger partial charge is 0.240 e. The van der Waals surface area contributed by atoms with Crippen LogP contribution in [-0.2, 0) is 17.9 Å². The van der Waals surface area contributed by atoms with Crippen molar-refractivity contribution in [1.29, 1.82) is 0 Å². The molecule has 1 atom stereocenters. The first kappa shape index (κ1) is 14.1. The van der Waals surface area contributed by atoms with E-state index in [4.69, 9.17) is 9.26 Å². The Hall–Kier alpha value is -0.980. The second-order valence-electron chi connectivity index (χ2n) is 4.41. The predicted octanol–water partition coefficient (Wildman–Crippen LogP) is 0.807. The van der Waals surface area contributed by atoms with Crippen molar-refractivity contribution in [2.45, 2.75) is 46.1 Å². The van der Waals surface area contributed by atoms with Gasteiger partial charge in [0.15, 0.2) is 5.82 Å². The van der Waals surface area contributed by atoms with Crippen LogP contribution < -0.4 is 0 Å². The monoisotopic (exact) mass is 243 g/mol. The lowest BCUT2D eigenvalue weighted by atomic mass is 10.2. The van der Waals surface area contributed by atoms with Gasteiger partial charge in [0.2, 0.25) is 5.89 Å². The van der Waals surface area contributed by atoms with Crippen LogP contribution in [-0.4, -0.2) is 45.9 Å². The first-order valence-electron chi connectivity index (χ1n) is 5.75. The number of methoxy groups -OCH3 is 1. The van der Waals surface area contributed by atoms with Crippen LogP contribution in [0.2, 0.25) is 0 Å². The van der Waals surface area contributed by atoms with Gasteiger partial charge in [-0.2, -0.15) is 4.98 Å². The molecular weight excluding hydrogens is 222 g/mol. The lowest BCUT2D eigenvalue weighted by Gasteiger charge is -2.25. The van der Waals surface area contributed by atoms with Crippen LogP contribution in [0.1, 0.15) is 32.5 Å². The summed E-state index contributed by atoms with van der Waals surface area (Å²) in [6, 6.07) is 0.308. The molecule has 0 saturated heterocycles. The van der Waals surface area contributed by atoms with Crippen LogP contribution in [0, 0.1) is 0 Å². The van der Waals surface area contributed by atoms with Gasteiger partial charge in [-0.1, -0.05) is 5.16 Å². The van der Waals surface area contributed by atoms with E-state index < -0.39 is 0 Å². The Kier molecular flexibility index (Phi) is 5.54. The van der Waals surface area contributed by atoms with E-state index >= 15 is 0 Å². The molecule has 1 heterocycles. The number of hydrogen-bond acceptors (Lipinski definition) is 6. The third-order valence-corrected chi connectivity index (χ3v) is 2.35. The number of ether oxygens (including phenoxy) is 1. The third-order valence-electron chi connectivity index (χ3n) is 2.35. The van der Waals surface area contributed by atoms with Crippen molar-refractivity contribution < 1.29 is 14.4 Å². The molecule has 0 spiro atoms. The Morgan fingerprint density at radius 1 is 1.41 bits per heavy atom. The normalized spacial score (nSPS) is 13.6. The van der Waals surface area contributed by atoms with Crippen molar-refractivity contribution in [3.05, 3.63) is 11.7 Å². The fraction of sp³-hybridized carbons (Fsp3) is 0.818. The van der Waals surface area contributed by atoms with Gasteiger partial charge >= 0.3 is 0 Å².